The normalized spacial score (nSPS) is 19.9. The van der Waals surface area contributed by atoms with Gasteiger partial charge in [0.15, 0.2) is 0 Å². The van der Waals surface area contributed by atoms with Crippen molar-refractivity contribution in [1.82, 2.24) is 4.72 Å². The maximum Gasteiger partial charge on any atom is 0.311 e. The van der Waals surface area contributed by atoms with Crippen molar-refractivity contribution in [2.24, 2.45) is 10.9 Å². The van der Waals surface area contributed by atoms with Gasteiger partial charge >= 0.3 is 5.97 Å². The van der Waals surface area contributed by atoms with E-state index in [9.17, 15) is 28.1 Å². The van der Waals surface area contributed by atoms with Crippen LogP contribution in [0.3, 0.4) is 0 Å². The number of hydrogen-bond acceptors (Lipinski definition) is 8. The van der Waals surface area contributed by atoms with E-state index in [2.05, 4.69) is 9.71 Å². The summed E-state index contributed by atoms with van der Waals surface area (Å²) in [6.07, 6.45) is 0.330. The van der Waals surface area contributed by atoms with Gasteiger partial charge < -0.3 is 9.64 Å². The number of fused-ring (bicyclic) bond motifs is 1. The molecule has 0 bridgehead atoms. The summed E-state index contributed by atoms with van der Waals surface area (Å²) in [7, 11) is -3.60. The molecular formula is C21H20N4O7S. The van der Waals surface area contributed by atoms with Gasteiger partial charge in [-0.15, -0.1) is 0 Å². The molecule has 0 aromatic heterocycles. The topological polar surface area (TPSA) is 148 Å². The maximum atomic E-state index is 12.4. The molecule has 1 amide bonds. The fourth-order valence-corrected chi connectivity index (χ4v) is 4.94. The first-order chi connectivity index (χ1) is 15.8. The molecule has 2 aromatic carbocycles. The molecule has 11 nitrogen and oxygen atoms in total. The Bertz CT molecular complexity index is 1260. The average molecular weight is 472 g/mol. The number of amides is 1. The summed E-state index contributed by atoms with van der Waals surface area (Å²) in [5, 5.41) is 11.0. The summed E-state index contributed by atoms with van der Waals surface area (Å²) in [5.74, 6) is -1.26. The summed E-state index contributed by atoms with van der Waals surface area (Å²) in [5.41, 5.74) is 0.722. The molecule has 1 fully saturated rings. The van der Waals surface area contributed by atoms with Crippen molar-refractivity contribution < 1.29 is 27.7 Å². The number of sulfonamides is 1. The summed E-state index contributed by atoms with van der Waals surface area (Å²) >= 11 is 0. The van der Waals surface area contributed by atoms with E-state index in [1.807, 2.05) is 0 Å². The van der Waals surface area contributed by atoms with Crippen LogP contribution in [0.4, 0.5) is 11.4 Å². The van der Waals surface area contributed by atoms with Gasteiger partial charge in [-0.2, -0.15) is 0 Å². The summed E-state index contributed by atoms with van der Waals surface area (Å²) in [6.45, 7) is 0.383. The first-order valence-corrected chi connectivity index (χ1v) is 11.6. The number of aliphatic imine (C=N–C) groups is 1. The Hall–Kier alpha value is -3.80. The molecule has 33 heavy (non-hydrogen) atoms. The van der Waals surface area contributed by atoms with Crippen LogP contribution >= 0.6 is 0 Å². The molecule has 2 aliphatic heterocycles. The third-order valence-corrected chi connectivity index (χ3v) is 6.69. The number of anilines is 1. The predicted octanol–water partition coefficient (Wildman–Crippen LogP) is 1.62. The number of nitrogens with one attached hydrogen (secondary N) is 1. The number of ether oxygens (including phenoxy) is 1. The zero-order chi connectivity index (χ0) is 23.6. The van der Waals surface area contributed by atoms with Crippen LogP contribution in [0.15, 0.2) is 58.4 Å². The van der Waals surface area contributed by atoms with Crippen LogP contribution in [0.1, 0.15) is 18.4 Å². The zero-order valence-corrected chi connectivity index (χ0v) is 18.2. The highest BCUT2D eigenvalue weighted by atomic mass is 32.2. The second-order valence-corrected chi connectivity index (χ2v) is 9.19. The van der Waals surface area contributed by atoms with Crippen LogP contribution in [-0.2, 0) is 24.3 Å². The van der Waals surface area contributed by atoms with Crippen molar-refractivity contribution in [1.29, 1.82) is 0 Å². The summed E-state index contributed by atoms with van der Waals surface area (Å²) in [6, 6.07) is 12.2. The van der Waals surface area contributed by atoms with Crippen LogP contribution in [0.25, 0.3) is 0 Å². The van der Waals surface area contributed by atoms with Gasteiger partial charge in [-0.05, 0) is 18.2 Å². The lowest BCUT2D eigenvalue weighted by Gasteiger charge is -2.16. The van der Waals surface area contributed by atoms with E-state index in [-0.39, 0.29) is 48.4 Å². The van der Waals surface area contributed by atoms with E-state index >= 15 is 0 Å². The number of benzene rings is 2. The minimum Gasteiger partial charge on any atom is -0.465 e. The Kier molecular flexibility index (Phi) is 6.09. The highest BCUT2D eigenvalue weighted by Crippen LogP contribution is 2.28. The van der Waals surface area contributed by atoms with E-state index in [0.29, 0.717) is 17.7 Å². The minimum absolute atomic E-state index is 0.0393. The number of hydrogen-bond donors (Lipinski definition) is 1. The Morgan fingerprint density at radius 2 is 2.03 bits per heavy atom. The molecule has 1 unspecified atom stereocenters. The third-order valence-electron chi connectivity index (χ3n) is 5.29. The van der Waals surface area contributed by atoms with Crippen LogP contribution in [0.5, 0.6) is 0 Å². The van der Waals surface area contributed by atoms with Crippen LogP contribution in [0, 0.1) is 16.0 Å². The fraction of sp³-hybridized carbons (Fsp3) is 0.286. The molecule has 0 aliphatic carbocycles. The zero-order valence-electron chi connectivity index (χ0n) is 17.3. The quantitative estimate of drug-likeness (QED) is 0.279. The van der Waals surface area contributed by atoms with E-state index in [1.165, 1.54) is 29.2 Å². The number of rotatable bonds is 7. The van der Waals surface area contributed by atoms with E-state index in [0.717, 1.165) is 0 Å². The number of nitro benzene ring substituents is 1. The Morgan fingerprint density at radius 1 is 1.24 bits per heavy atom. The van der Waals surface area contributed by atoms with Crippen LogP contribution < -0.4 is 9.62 Å². The highest BCUT2D eigenvalue weighted by molar-refractivity contribution is 7.90. The van der Waals surface area contributed by atoms with Crippen molar-refractivity contribution in [3.63, 3.8) is 0 Å². The maximum absolute atomic E-state index is 12.4. The molecule has 2 heterocycles. The standard InChI is InChI=1S/C21H20N4O7S/c26-19-11-14(13-24(19)15-5-3-6-16(12-15)25(28)29)21(27)32-10-4-9-22-20-17-7-1-2-8-18(17)33(30,31)23-20/h1-3,5-8,12,14H,4,9-11,13H2,(H,22,23). The Balaban J connectivity index is 1.28. The molecule has 1 saturated heterocycles. The third kappa shape index (κ3) is 4.70. The van der Waals surface area contributed by atoms with Gasteiger partial charge in [0.05, 0.1) is 28.0 Å². The summed E-state index contributed by atoms with van der Waals surface area (Å²) in [4.78, 5) is 40.9. The first kappa shape index (κ1) is 22.4. The van der Waals surface area contributed by atoms with Gasteiger partial charge in [0, 0.05) is 43.6 Å². The lowest BCUT2D eigenvalue weighted by Crippen LogP contribution is -2.26. The van der Waals surface area contributed by atoms with Gasteiger partial charge in [-0.25, -0.2) is 8.42 Å². The minimum atomic E-state index is -3.60. The predicted molar refractivity (Wildman–Crippen MR) is 117 cm³/mol. The van der Waals surface area contributed by atoms with Gasteiger partial charge in [0.2, 0.25) is 5.91 Å². The van der Waals surface area contributed by atoms with Crippen LogP contribution in [0.2, 0.25) is 0 Å². The van der Waals surface area contributed by atoms with Crippen molar-refractivity contribution in [3.8, 4) is 0 Å². The molecule has 12 heteroatoms. The second-order valence-electron chi connectivity index (χ2n) is 7.54. The molecule has 0 radical (unpaired) electrons. The van der Waals surface area contributed by atoms with Crippen molar-refractivity contribution >= 4 is 39.1 Å². The van der Waals surface area contributed by atoms with Crippen molar-refractivity contribution in [3.05, 3.63) is 64.2 Å². The van der Waals surface area contributed by atoms with E-state index in [4.69, 9.17) is 4.74 Å². The summed E-state index contributed by atoms with van der Waals surface area (Å²) < 4.78 is 31.8. The number of esters is 1. The number of nitro groups is 1. The van der Waals surface area contributed by atoms with Gasteiger partial charge in [0.1, 0.15) is 5.84 Å². The monoisotopic (exact) mass is 472 g/mol. The number of nitrogens with zero attached hydrogens (tertiary/aromatic N) is 3. The number of non-ortho nitro benzene ring substituents is 1. The molecule has 1 N–H and O–H groups in total. The molecule has 0 saturated carbocycles. The SMILES string of the molecule is O=C(OCCCN=C1NS(=O)(=O)c2ccccc21)C1CC(=O)N(c2cccc([N+](=O)[O-])c2)C1. The molecule has 0 spiro atoms. The van der Waals surface area contributed by atoms with Crippen molar-refractivity contribution in [2.75, 3.05) is 24.6 Å². The fourth-order valence-electron chi connectivity index (χ4n) is 3.69. The highest BCUT2D eigenvalue weighted by Gasteiger charge is 2.36. The van der Waals surface area contributed by atoms with Crippen molar-refractivity contribution in [2.45, 2.75) is 17.7 Å². The number of carbonyl (C=O) groups excluding carboxylic acids is 2. The smallest absolute Gasteiger partial charge is 0.311 e. The molecule has 2 aromatic rings. The molecule has 172 valence electrons. The van der Waals surface area contributed by atoms with E-state index < -0.39 is 26.8 Å². The Labute approximate surface area is 189 Å². The number of carbonyl (C=O) groups is 2. The average Bonchev–Trinajstić information content (AvgIpc) is 3.31. The lowest BCUT2D eigenvalue weighted by molar-refractivity contribution is -0.384. The molecule has 2 aliphatic rings. The Morgan fingerprint density at radius 3 is 2.82 bits per heavy atom. The largest absolute Gasteiger partial charge is 0.465 e. The molecule has 1 atom stereocenters. The first-order valence-electron chi connectivity index (χ1n) is 10.1. The second kappa shape index (κ2) is 8.98. The van der Waals surface area contributed by atoms with Gasteiger partial charge in [-0.1, -0.05) is 18.2 Å². The molecular weight excluding hydrogens is 452 g/mol. The van der Waals surface area contributed by atoms with Gasteiger partial charge in [-0.3, -0.25) is 29.4 Å². The van der Waals surface area contributed by atoms with Gasteiger partial charge in [0.25, 0.3) is 15.7 Å². The van der Waals surface area contributed by atoms with Crippen LogP contribution in [-0.4, -0.2) is 50.7 Å². The lowest BCUT2D eigenvalue weighted by atomic mass is 10.1. The molecule has 4 rings (SSSR count). The number of amidine groups is 1. The van der Waals surface area contributed by atoms with E-state index in [1.54, 1.807) is 24.3 Å².